The number of hydrogen-bond acceptors (Lipinski definition) is 3. The predicted octanol–water partition coefficient (Wildman–Crippen LogP) is 2.77. The Balaban J connectivity index is 2.04. The Bertz CT molecular complexity index is 704. The van der Waals surface area contributed by atoms with E-state index in [2.05, 4.69) is 10.9 Å². The van der Waals surface area contributed by atoms with Gasteiger partial charge in [-0.3, -0.25) is 20.4 Å². The standard InChI is InChI=1S/C14H10Cl2N2O3/c15-9-4-5-12(16)11(7-9)14(21)18-17-13(20)8-2-1-3-10(19)6-8/h1-7,19H,(H,17,20)(H,18,21). The zero-order chi connectivity index (χ0) is 15.4. The smallest absolute Gasteiger partial charge is 0.271 e. The number of hydrazine groups is 1. The fourth-order valence-corrected chi connectivity index (χ4v) is 1.95. The summed E-state index contributed by atoms with van der Waals surface area (Å²) in [5.74, 6) is -1.22. The van der Waals surface area contributed by atoms with E-state index in [1.165, 1.54) is 36.4 Å². The van der Waals surface area contributed by atoms with Crippen LogP contribution in [-0.4, -0.2) is 16.9 Å². The Labute approximate surface area is 130 Å². The molecule has 0 aliphatic heterocycles. The van der Waals surface area contributed by atoms with E-state index in [9.17, 15) is 14.7 Å². The van der Waals surface area contributed by atoms with E-state index in [1.807, 2.05) is 0 Å². The van der Waals surface area contributed by atoms with Crippen molar-refractivity contribution >= 4 is 35.0 Å². The van der Waals surface area contributed by atoms with E-state index in [0.717, 1.165) is 0 Å². The van der Waals surface area contributed by atoms with Crippen molar-refractivity contribution in [2.75, 3.05) is 0 Å². The number of phenolic OH excluding ortho intramolecular Hbond substituents is 1. The van der Waals surface area contributed by atoms with Gasteiger partial charge in [0.25, 0.3) is 11.8 Å². The lowest BCUT2D eigenvalue weighted by molar-refractivity contribution is 0.0846. The molecule has 0 radical (unpaired) electrons. The molecule has 0 saturated heterocycles. The van der Waals surface area contributed by atoms with Crippen LogP contribution in [0.3, 0.4) is 0 Å². The number of carbonyl (C=O) groups excluding carboxylic acids is 2. The highest BCUT2D eigenvalue weighted by molar-refractivity contribution is 6.35. The maximum Gasteiger partial charge on any atom is 0.271 e. The van der Waals surface area contributed by atoms with E-state index < -0.39 is 11.8 Å². The van der Waals surface area contributed by atoms with Gasteiger partial charge in [0.05, 0.1) is 10.6 Å². The Kier molecular flexibility index (Phi) is 4.67. The van der Waals surface area contributed by atoms with Crippen LogP contribution >= 0.6 is 23.2 Å². The first-order valence-electron chi connectivity index (χ1n) is 5.82. The van der Waals surface area contributed by atoms with Gasteiger partial charge in [0.15, 0.2) is 0 Å². The van der Waals surface area contributed by atoms with Crippen molar-refractivity contribution in [2.45, 2.75) is 0 Å². The molecule has 0 atom stereocenters. The molecule has 0 aromatic heterocycles. The minimum absolute atomic E-state index is 0.0492. The molecular formula is C14H10Cl2N2O3. The van der Waals surface area contributed by atoms with Crippen LogP contribution in [0.4, 0.5) is 0 Å². The van der Waals surface area contributed by atoms with Gasteiger partial charge < -0.3 is 5.11 Å². The largest absolute Gasteiger partial charge is 0.508 e. The lowest BCUT2D eigenvalue weighted by atomic mass is 10.2. The van der Waals surface area contributed by atoms with Gasteiger partial charge in [0.2, 0.25) is 0 Å². The molecular weight excluding hydrogens is 315 g/mol. The van der Waals surface area contributed by atoms with E-state index in [4.69, 9.17) is 23.2 Å². The highest BCUT2D eigenvalue weighted by atomic mass is 35.5. The van der Waals surface area contributed by atoms with E-state index >= 15 is 0 Å². The minimum Gasteiger partial charge on any atom is -0.508 e. The van der Waals surface area contributed by atoms with Crippen molar-refractivity contribution in [1.29, 1.82) is 0 Å². The fourth-order valence-electron chi connectivity index (χ4n) is 1.57. The maximum atomic E-state index is 11.9. The summed E-state index contributed by atoms with van der Waals surface area (Å²) >= 11 is 11.7. The summed E-state index contributed by atoms with van der Waals surface area (Å²) in [6.45, 7) is 0. The predicted molar refractivity (Wildman–Crippen MR) is 79.5 cm³/mol. The molecule has 2 amide bonds. The van der Waals surface area contributed by atoms with Crippen molar-refractivity contribution in [1.82, 2.24) is 10.9 Å². The van der Waals surface area contributed by atoms with Crippen LogP contribution in [0.5, 0.6) is 5.75 Å². The minimum atomic E-state index is -0.601. The molecule has 0 spiro atoms. The van der Waals surface area contributed by atoms with Crippen molar-refractivity contribution < 1.29 is 14.7 Å². The molecule has 7 heteroatoms. The Morgan fingerprint density at radius 2 is 1.67 bits per heavy atom. The van der Waals surface area contributed by atoms with E-state index in [0.29, 0.717) is 5.02 Å². The van der Waals surface area contributed by atoms with Crippen LogP contribution in [0.15, 0.2) is 42.5 Å². The molecule has 2 aromatic rings. The molecule has 0 aliphatic carbocycles. The number of hydrogen-bond donors (Lipinski definition) is 3. The number of halogens is 2. The summed E-state index contributed by atoms with van der Waals surface area (Å²) in [5.41, 5.74) is 4.78. The Hall–Kier alpha value is -2.24. The van der Waals surface area contributed by atoms with Crippen molar-refractivity contribution in [3.8, 4) is 5.75 Å². The first kappa shape index (κ1) is 15.2. The molecule has 0 aliphatic rings. The molecule has 0 fully saturated rings. The molecule has 5 nitrogen and oxygen atoms in total. The summed E-state index contributed by atoms with van der Waals surface area (Å²) in [6.07, 6.45) is 0. The number of nitrogens with one attached hydrogen (secondary N) is 2. The van der Waals surface area contributed by atoms with Gasteiger partial charge in [-0.05, 0) is 36.4 Å². The van der Waals surface area contributed by atoms with Crippen molar-refractivity contribution in [2.24, 2.45) is 0 Å². The molecule has 0 saturated carbocycles. The van der Waals surface area contributed by atoms with Crippen LogP contribution < -0.4 is 10.9 Å². The lowest BCUT2D eigenvalue weighted by Gasteiger charge is -2.09. The first-order valence-corrected chi connectivity index (χ1v) is 6.58. The Morgan fingerprint density at radius 1 is 0.952 bits per heavy atom. The summed E-state index contributed by atoms with van der Waals surface area (Å²) in [4.78, 5) is 23.7. The van der Waals surface area contributed by atoms with Crippen molar-refractivity contribution in [3.63, 3.8) is 0 Å². The third-order valence-corrected chi connectivity index (χ3v) is 3.14. The molecule has 2 aromatic carbocycles. The summed E-state index contributed by atoms with van der Waals surface area (Å²) < 4.78 is 0. The SMILES string of the molecule is O=C(NNC(=O)c1cc(Cl)ccc1Cl)c1cccc(O)c1. The van der Waals surface area contributed by atoms with E-state index in [1.54, 1.807) is 6.07 Å². The second-order valence-electron chi connectivity index (χ2n) is 4.08. The third kappa shape index (κ3) is 3.87. The average molecular weight is 325 g/mol. The molecule has 0 bridgehead atoms. The van der Waals surface area contributed by atoms with Crippen LogP contribution in [0.2, 0.25) is 10.0 Å². The van der Waals surface area contributed by atoms with Crippen LogP contribution in [0, 0.1) is 0 Å². The normalized spacial score (nSPS) is 10.0. The molecule has 108 valence electrons. The van der Waals surface area contributed by atoms with Gasteiger partial charge >= 0.3 is 0 Å². The summed E-state index contributed by atoms with van der Waals surface area (Å²) in [5, 5.41) is 9.85. The zero-order valence-electron chi connectivity index (χ0n) is 10.6. The van der Waals surface area contributed by atoms with Gasteiger partial charge in [0, 0.05) is 10.6 Å². The first-order chi connectivity index (χ1) is 9.97. The average Bonchev–Trinajstić information content (AvgIpc) is 2.47. The van der Waals surface area contributed by atoms with Gasteiger partial charge in [-0.15, -0.1) is 0 Å². The van der Waals surface area contributed by atoms with Gasteiger partial charge in [-0.1, -0.05) is 29.3 Å². The molecule has 2 rings (SSSR count). The highest BCUT2D eigenvalue weighted by Crippen LogP contribution is 2.20. The van der Waals surface area contributed by atoms with Gasteiger partial charge in [0.1, 0.15) is 5.75 Å². The lowest BCUT2D eigenvalue weighted by Crippen LogP contribution is -2.41. The Morgan fingerprint density at radius 3 is 2.38 bits per heavy atom. The summed E-state index contributed by atoms with van der Waals surface area (Å²) in [7, 11) is 0. The zero-order valence-corrected chi connectivity index (χ0v) is 12.1. The number of rotatable bonds is 2. The fraction of sp³-hybridized carbons (Fsp3) is 0. The van der Waals surface area contributed by atoms with Crippen LogP contribution in [0.1, 0.15) is 20.7 Å². The number of benzene rings is 2. The molecule has 21 heavy (non-hydrogen) atoms. The molecule has 0 unspecified atom stereocenters. The number of amides is 2. The van der Waals surface area contributed by atoms with E-state index in [-0.39, 0.29) is 21.9 Å². The second kappa shape index (κ2) is 6.47. The van der Waals surface area contributed by atoms with Crippen LogP contribution in [0.25, 0.3) is 0 Å². The second-order valence-corrected chi connectivity index (χ2v) is 4.93. The third-order valence-electron chi connectivity index (χ3n) is 2.57. The molecule has 0 heterocycles. The summed E-state index contributed by atoms with van der Waals surface area (Å²) in [6, 6.07) is 10.1. The number of carbonyl (C=O) groups is 2. The number of phenols is 1. The quantitative estimate of drug-likeness (QED) is 0.743. The molecule has 3 N–H and O–H groups in total. The van der Waals surface area contributed by atoms with Crippen LogP contribution in [-0.2, 0) is 0 Å². The topological polar surface area (TPSA) is 78.4 Å². The van der Waals surface area contributed by atoms with Crippen molar-refractivity contribution in [3.05, 3.63) is 63.6 Å². The highest BCUT2D eigenvalue weighted by Gasteiger charge is 2.13. The van der Waals surface area contributed by atoms with Gasteiger partial charge in [-0.25, -0.2) is 0 Å². The monoisotopic (exact) mass is 324 g/mol. The van der Waals surface area contributed by atoms with Gasteiger partial charge in [-0.2, -0.15) is 0 Å². The maximum absolute atomic E-state index is 11.9. The number of aromatic hydroxyl groups is 1.